The van der Waals surface area contributed by atoms with Gasteiger partial charge in [0.1, 0.15) is 28.9 Å². The van der Waals surface area contributed by atoms with Crippen LogP contribution >= 0.6 is 0 Å². The zero-order valence-corrected chi connectivity index (χ0v) is 14.7. The molecule has 0 aliphatic carbocycles. The fourth-order valence-corrected chi connectivity index (χ4v) is 1.97. The number of hydrogen-bond acceptors (Lipinski definition) is 4. The van der Waals surface area contributed by atoms with E-state index in [4.69, 9.17) is 14.2 Å². The minimum absolute atomic E-state index is 0.458. The lowest BCUT2D eigenvalue weighted by Gasteiger charge is -2.15. The second-order valence-electron chi connectivity index (χ2n) is 5.51. The molecule has 0 saturated heterocycles. The van der Waals surface area contributed by atoms with Crippen molar-refractivity contribution in [3.8, 4) is 23.3 Å². The minimum atomic E-state index is 0.458. The van der Waals surface area contributed by atoms with Gasteiger partial charge in [-0.3, -0.25) is 0 Å². The largest absolute Gasteiger partial charge is 0.493 e. The molecule has 4 nitrogen and oxygen atoms in total. The molecule has 0 bridgehead atoms. The van der Waals surface area contributed by atoms with Crippen LogP contribution in [0.1, 0.15) is 64.9 Å². The van der Waals surface area contributed by atoms with Crippen molar-refractivity contribution in [2.75, 3.05) is 19.8 Å². The highest BCUT2D eigenvalue weighted by Crippen LogP contribution is 2.34. The fourth-order valence-electron chi connectivity index (χ4n) is 1.97. The van der Waals surface area contributed by atoms with Crippen molar-refractivity contribution < 1.29 is 14.2 Å². The monoisotopic (exact) mass is 319 g/mol. The van der Waals surface area contributed by atoms with Crippen LogP contribution < -0.4 is 14.2 Å². The van der Waals surface area contributed by atoms with Crippen molar-refractivity contribution >= 4 is 0 Å². The van der Waals surface area contributed by atoms with E-state index in [-0.39, 0.29) is 0 Å². The van der Waals surface area contributed by atoms with E-state index in [1.165, 1.54) is 0 Å². The molecule has 0 heterocycles. The number of nitriles is 1. The third kappa shape index (κ3) is 6.81. The first-order valence-corrected chi connectivity index (χ1v) is 8.73. The summed E-state index contributed by atoms with van der Waals surface area (Å²) in [7, 11) is 0. The predicted octanol–water partition coefficient (Wildman–Crippen LogP) is 5.09. The van der Waals surface area contributed by atoms with E-state index < -0.39 is 0 Å². The molecule has 0 fully saturated rings. The third-order valence-corrected chi connectivity index (χ3v) is 3.43. The summed E-state index contributed by atoms with van der Waals surface area (Å²) in [4.78, 5) is 0. The summed E-state index contributed by atoms with van der Waals surface area (Å²) in [6, 6.07) is 5.81. The molecule has 0 aliphatic heterocycles. The lowest BCUT2D eigenvalue weighted by Crippen LogP contribution is -2.04. The van der Waals surface area contributed by atoms with Crippen LogP contribution in [0.25, 0.3) is 0 Å². The molecule has 0 unspecified atom stereocenters. The smallest absolute Gasteiger partial charge is 0.144 e. The molecule has 1 rings (SSSR count). The highest BCUT2D eigenvalue weighted by molar-refractivity contribution is 5.57. The van der Waals surface area contributed by atoms with Crippen LogP contribution in [0.15, 0.2) is 12.1 Å². The Hall–Kier alpha value is -1.89. The highest BCUT2D eigenvalue weighted by atomic mass is 16.5. The Kier molecular flexibility index (Phi) is 9.70. The van der Waals surface area contributed by atoms with Crippen molar-refractivity contribution in [3.63, 3.8) is 0 Å². The first-order valence-electron chi connectivity index (χ1n) is 8.73. The Bertz CT molecular complexity index is 463. The number of hydrogen-bond donors (Lipinski definition) is 0. The maximum atomic E-state index is 9.47. The normalized spacial score (nSPS) is 10.2. The van der Waals surface area contributed by atoms with Crippen molar-refractivity contribution in [2.24, 2.45) is 0 Å². The SMILES string of the molecule is CCCCOc1cc(OCCCC)c(C#N)c(OCCCC)c1. The number of unbranched alkanes of at least 4 members (excludes halogenated alkanes) is 3. The summed E-state index contributed by atoms with van der Waals surface area (Å²) in [6.45, 7) is 8.19. The van der Waals surface area contributed by atoms with E-state index in [2.05, 4.69) is 26.8 Å². The summed E-state index contributed by atoms with van der Waals surface area (Å²) < 4.78 is 17.3. The number of benzene rings is 1. The quantitative estimate of drug-likeness (QED) is 0.503. The molecule has 0 saturated carbocycles. The molecule has 1 aromatic rings. The van der Waals surface area contributed by atoms with E-state index in [9.17, 15) is 5.26 Å². The van der Waals surface area contributed by atoms with Gasteiger partial charge in [-0.05, 0) is 19.3 Å². The summed E-state index contributed by atoms with van der Waals surface area (Å²) in [5.74, 6) is 1.82. The van der Waals surface area contributed by atoms with E-state index in [1.807, 2.05) is 0 Å². The topological polar surface area (TPSA) is 51.5 Å². The summed E-state index contributed by atoms with van der Waals surface area (Å²) in [5.41, 5.74) is 0.458. The van der Waals surface area contributed by atoms with E-state index >= 15 is 0 Å². The fraction of sp³-hybridized carbons (Fsp3) is 0.632. The second-order valence-corrected chi connectivity index (χ2v) is 5.51. The Morgan fingerprint density at radius 3 is 1.61 bits per heavy atom. The minimum Gasteiger partial charge on any atom is -0.493 e. The van der Waals surface area contributed by atoms with Gasteiger partial charge in [-0.15, -0.1) is 0 Å². The summed E-state index contributed by atoms with van der Waals surface area (Å²) in [5, 5.41) is 9.47. The van der Waals surface area contributed by atoms with E-state index in [1.54, 1.807) is 12.1 Å². The summed E-state index contributed by atoms with van der Waals surface area (Å²) in [6.07, 6.45) is 6.09. The molecule has 0 atom stereocenters. The highest BCUT2D eigenvalue weighted by Gasteiger charge is 2.14. The van der Waals surface area contributed by atoms with Gasteiger partial charge in [-0.1, -0.05) is 40.0 Å². The average Bonchev–Trinajstić information content (AvgIpc) is 2.55. The first kappa shape index (κ1) is 19.2. The Labute approximate surface area is 140 Å². The second kappa shape index (κ2) is 11.6. The molecule has 0 aromatic heterocycles. The molecule has 0 N–H and O–H groups in total. The van der Waals surface area contributed by atoms with Gasteiger partial charge in [0.15, 0.2) is 0 Å². The van der Waals surface area contributed by atoms with Crippen molar-refractivity contribution in [3.05, 3.63) is 17.7 Å². The molecule has 4 heteroatoms. The zero-order chi connectivity index (χ0) is 16.9. The maximum Gasteiger partial charge on any atom is 0.144 e. The van der Waals surface area contributed by atoms with Crippen LogP contribution in [-0.4, -0.2) is 19.8 Å². The molecule has 23 heavy (non-hydrogen) atoms. The molecule has 0 amide bonds. The number of rotatable bonds is 12. The standard InChI is InChI=1S/C19H29NO3/c1-4-7-10-21-16-13-18(22-11-8-5-2)17(15-20)19(14-16)23-12-9-6-3/h13-14H,4-12H2,1-3H3. The van der Waals surface area contributed by atoms with Gasteiger partial charge in [0, 0.05) is 12.1 Å². The number of ether oxygens (including phenoxy) is 3. The van der Waals surface area contributed by atoms with E-state index in [0.29, 0.717) is 42.6 Å². The van der Waals surface area contributed by atoms with Gasteiger partial charge in [0.25, 0.3) is 0 Å². The Morgan fingerprint density at radius 2 is 1.22 bits per heavy atom. The Balaban J connectivity index is 2.95. The molecular formula is C19H29NO3. The predicted molar refractivity (Wildman–Crippen MR) is 92.4 cm³/mol. The van der Waals surface area contributed by atoms with Crippen molar-refractivity contribution in [2.45, 2.75) is 59.3 Å². The molecule has 1 aromatic carbocycles. The van der Waals surface area contributed by atoms with Gasteiger partial charge < -0.3 is 14.2 Å². The van der Waals surface area contributed by atoms with Crippen LogP contribution in [0.5, 0.6) is 17.2 Å². The van der Waals surface area contributed by atoms with Gasteiger partial charge in [-0.2, -0.15) is 5.26 Å². The Morgan fingerprint density at radius 1 is 0.783 bits per heavy atom. The lowest BCUT2D eigenvalue weighted by molar-refractivity contribution is 0.278. The number of nitrogens with zero attached hydrogens (tertiary/aromatic N) is 1. The van der Waals surface area contributed by atoms with Crippen LogP contribution in [0, 0.1) is 11.3 Å². The van der Waals surface area contributed by atoms with Crippen LogP contribution in [0.3, 0.4) is 0 Å². The van der Waals surface area contributed by atoms with Crippen molar-refractivity contribution in [1.29, 1.82) is 5.26 Å². The molecular weight excluding hydrogens is 290 g/mol. The maximum absolute atomic E-state index is 9.47. The van der Waals surface area contributed by atoms with Crippen LogP contribution in [0.2, 0.25) is 0 Å². The van der Waals surface area contributed by atoms with Gasteiger partial charge in [-0.25, -0.2) is 0 Å². The van der Waals surface area contributed by atoms with Crippen LogP contribution in [-0.2, 0) is 0 Å². The molecule has 128 valence electrons. The van der Waals surface area contributed by atoms with Gasteiger partial charge in [0.05, 0.1) is 19.8 Å². The van der Waals surface area contributed by atoms with E-state index in [0.717, 1.165) is 38.5 Å². The average molecular weight is 319 g/mol. The van der Waals surface area contributed by atoms with Gasteiger partial charge >= 0.3 is 0 Å². The summed E-state index contributed by atoms with van der Waals surface area (Å²) >= 11 is 0. The molecule has 0 spiro atoms. The lowest BCUT2D eigenvalue weighted by atomic mass is 10.1. The molecule has 0 radical (unpaired) electrons. The molecule has 0 aliphatic rings. The third-order valence-electron chi connectivity index (χ3n) is 3.43. The van der Waals surface area contributed by atoms with Crippen molar-refractivity contribution in [1.82, 2.24) is 0 Å². The first-order chi connectivity index (χ1) is 11.3. The van der Waals surface area contributed by atoms with Gasteiger partial charge in [0.2, 0.25) is 0 Å². The van der Waals surface area contributed by atoms with Crippen LogP contribution in [0.4, 0.5) is 0 Å². The zero-order valence-electron chi connectivity index (χ0n) is 14.7.